The predicted molar refractivity (Wildman–Crippen MR) is 144 cm³/mol. The van der Waals surface area contributed by atoms with Gasteiger partial charge in [0.15, 0.2) is 0 Å². The first kappa shape index (κ1) is 25.0. The Morgan fingerprint density at radius 1 is 1.06 bits per heavy atom. The van der Waals surface area contributed by atoms with Crippen molar-refractivity contribution in [2.45, 2.75) is 20.8 Å². The van der Waals surface area contributed by atoms with Crippen molar-refractivity contribution in [3.8, 4) is 11.1 Å². The number of likely N-dealkylation sites (N-methyl/N-ethyl adjacent to an activating group) is 1. The number of aromatic nitrogens is 1. The Balaban J connectivity index is 1.77. The van der Waals surface area contributed by atoms with Crippen LogP contribution in [0.5, 0.6) is 0 Å². The van der Waals surface area contributed by atoms with E-state index in [4.69, 9.17) is 23.2 Å². The van der Waals surface area contributed by atoms with E-state index >= 15 is 0 Å². The van der Waals surface area contributed by atoms with Gasteiger partial charge >= 0.3 is 0 Å². The Bertz CT molecular complexity index is 1290. The zero-order valence-corrected chi connectivity index (χ0v) is 21.5. The van der Waals surface area contributed by atoms with E-state index in [1.165, 1.54) is 0 Å². The van der Waals surface area contributed by atoms with Crippen molar-refractivity contribution >= 4 is 52.4 Å². The molecule has 1 aliphatic heterocycles. The van der Waals surface area contributed by atoms with Gasteiger partial charge in [-0.1, -0.05) is 49.2 Å². The van der Waals surface area contributed by atoms with Crippen molar-refractivity contribution in [2.75, 3.05) is 31.5 Å². The normalized spacial score (nSPS) is 13.9. The van der Waals surface area contributed by atoms with Crippen LogP contribution in [0.1, 0.15) is 41.2 Å². The number of benzene rings is 2. The molecule has 1 aromatic heterocycles. The summed E-state index contributed by atoms with van der Waals surface area (Å²) in [5.74, 6) is -0.387. The second-order valence-electron chi connectivity index (χ2n) is 8.41. The summed E-state index contributed by atoms with van der Waals surface area (Å²) in [4.78, 5) is 31.7. The molecule has 2 heterocycles. The summed E-state index contributed by atoms with van der Waals surface area (Å²) in [6.07, 6.45) is 1.78. The number of hydrogen-bond acceptors (Lipinski definition) is 3. The van der Waals surface area contributed by atoms with Gasteiger partial charge in [0.2, 0.25) is 0 Å². The maximum atomic E-state index is 13.3. The van der Waals surface area contributed by atoms with Gasteiger partial charge in [0.25, 0.3) is 11.8 Å². The molecule has 0 atom stereocenters. The summed E-state index contributed by atoms with van der Waals surface area (Å²) < 4.78 is 0. The molecule has 0 radical (unpaired) electrons. The van der Waals surface area contributed by atoms with Crippen molar-refractivity contribution in [3.05, 3.63) is 75.0 Å². The monoisotopic (exact) mass is 510 g/mol. The molecule has 6 nitrogen and oxygen atoms in total. The molecule has 0 spiro atoms. The highest BCUT2D eigenvalue weighted by atomic mass is 35.5. The van der Waals surface area contributed by atoms with Crippen LogP contribution in [0, 0.1) is 6.92 Å². The highest BCUT2D eigenvalue weighted by Crippen LogP contribution is 2.38. The molecule has 1 aliphatic rings. The summed E-state index contributed by atoms with van der Waals surface area (Å²) >= 11 is 12.3. The van der Waals surface area contributed by atoms with Crippen LogP contribution in [0.3, 0.4) is 0 Å². The van der Waals surface area contributed by atoms with E-state index in [1.54, 1.807) is 36.4 Å². The second-order valence-corrected chi connectivity index (χ2v) is 9.28. The largest absolute Gasteiger partial charge is 0.358 e. The molecule has 182 valence electrons. The molecule has 4 rings (SSSR count). The topological polar surface area (TPSA) is 77.2 Å². The number of halogens is 2. The van der Waals surface area contributed by atoms with Gasteiger partial charge in [-0.2, -0.15) is 0 Å². The second kappa shape index (κ2) is 10.7. The van der Waals surface area contributed by atoms with E-state index in [2.05, 4.69) is 34.4 Å². The molecule has 0 fully saturated rings. The first-order valence-corrected chi connectivity index (χ1v) is 12.4. The number of nitrogens with zero attached hydrogens (tertiary/aromatic N) is 1. The molecule has 0 aliphatic carbocycles. The highest BCUT2D eigenvalue weighted by molar-refractivity contribution is 6.37. The number of carbonyl (C=O) groups excluding carboxylic acids is 2. The minimum absolute atomic E-state index is 0.167. The molecule has 3 N–H and O–H groups in total. The van der Waals surface area contributed by atoms with E-state index in [0.29, 0.717) is 44.8 Å². The van der Waals surface area contributed by atoms with E-state index in [0.717, 1.165) is 36.3 Å². The van der Waals surface area contributed by atoms with Crippen LogP contribution in [0.4, 0.5) is 5.69 Å². The maximum Gasteiger partial charge on any atom is 0.256 e. The van der Waals surface area contributed by atoms with Crippen LogP contribution in [0.25, 0.3) is 22.8 Å². The fraction of sp³-hybridized carbons (Fsp3) is 0.259. The van der Waals surface area contributed by atoms with Crippen LogP contribution >= 0.6 is 23.2 Å². The minimum Gasteiger partial charge on any atom is -0.358 e. The highest BCUT2D eigenvalue weighted by Gasteiger charge is 2.27. The summed E-state index contributed by atoms with van der Waals surface area (Å²) in [5, 5.41) is 7.07. The molecule has 2 aromatic carbocycles. The van der Waals surface area contributed by atoms with Gasteiger partial charge in [0.1, 0.15) is 0 Å². The average molecular weight is 511 g/mol. The fourth-order valence-corrected chi connectivity index (χ4v) is 4.66. The molecular formula is C27H28Cl2N4O2. The first-order chi connectivity index (χ1) is 16.8. The molecule has 0 unspecified atom stereocenters. The van der Waals surface area contributed by atoms with E-state index in [-0.39, 0.29) is 11.8 Å². The summed E-state index contributed by atoms with van der Waals surface area (Å²) in [5.41, 5.74) is 5.37. The lowest BCUT2D eigenvalue weighted by Gasteiger charge is -2.18. The van der Waals surface area contributed by atoms with Gasteiger partial charge in [-0.15, -0.1) is 0 Å². The lowest BCUT2D eigenvalue weighted by atomic mass is 9.97. The predicted octanol–water partition coefficient (Wildman–Crippen LogP) is 5.86. The van der Waals surface area contributed by atoms with E-state index in [9.17, 15) is 9.59 Å². The van der Waals surface area contributed by atoms with Gasteiger partial charge in [0, 0.05) is 51.3 Å². The number of anilines is 1. The molecule has 0 bridgehead atoms. The number of fused-ring (bicyclic) bond motifs is 1. The third kappa shape index (κ3) is 5.30. The number of rotatable bonds is 8. The zero-order chi connectivity index (χ0) is 25.1. The number of H-pyrrole nitrogens is 1. The number of nitrogens with one attached hydrogen (secondary N) is 3. The molecule has 3 aromatic rings. The summed E-state index contributed by atoms with van der Waals surface area (Å²) in [6, 6.07) is 12.6. The average Bonchev–Trinajstić information content (AvgIpc) is 3.33. The minimum atomic E-state index is -0.221. The molecule has 0 saturated carbocycles. The molecule has 0 saturated heterocycles. The van der Waals surface area contributed by atoms with E-state index < -0.39 is 0 Å². The van der Waals surface area contributed by atoms with Gasteiger partial charge in [0.05, 0.1) is 11.1 Å². The molecule has 8 heteroatoms. The smallest absolute Gasteiger partial charge is 0.256 e. The maximum absolute atomic E-state index is 13.3. The van der Waals surface area contributed by atoms with Gasteiger partial charge in [-0.3, -0.25) is 9.59 Å². The van der Waals surface area contributed by atoms with Crippen LogP contribution in [0.2, 0.25) is 10.0 Å². The van der Waals surface area contributed by atoms with Crippen molar-refractivity contribution in [1.29, 1.82) is 0 Å². The third-order valence-electron chi connectivity index (χ3n) is 6.24. The SMILES string of the molecule is CCN(CC)CCNC(=O)c1c(C)[nH]c(/C=C2\C(=O)Nc3ccc(Cl)cc32)c1-c1ccc(Cl)cc1. The van der Waals surface area contributed by atoms with Gasteiger partial charge in [-0.05, 0) is 62.0 Å². The molecule has 35 heavy (non-hydrogen) atoms. The Morgan fingerprint density at radius 2 is 1.74 bits per heavy atom. The Hall–Kier alpha value is -3.06. The van der Waals surface area contributed by atoms with Gasteiger partial charge < -0.3 is 20.5 Å². The summed E-state index contributed by atoms with van der Waals surface area (Å²) in [6.45, 7) is 9.23. The molecular weight excluding hydrogens is 483 g/mol. The number of aryl methyl sites for hydroxylation is 1. The quantitative estimate of drug-likeness (QED) is 0.332. The first-order valence-electron chi connectivity index (χ1n) is 11.6. The molecule has 2 amide bonds. The number of amides is 2. The van der Waals surface area contributed by atoms with Gasteiger partial charge in [-0.25, -0.2) is 0 Å². The van der Waals surface area contributed by atoms with Crippen molar-refractivity contribution in [3.63, 3.8) is 0 Å². The van der Waals surface area contributed by atoms with Crippen molar-refractivity contribution in [1.82, 2.24) is 15.2 Å². The summed E-state index contributed by atoms with van der Waals surface area (Å²) in [7, 11) is 0. The number of carbonyl (C=O) groups is 2. The third-order valence-corrected chi connectivity index (χ3v) is 6.72. The number of hydrogen-bond donors (Lipinski definition) is 3. The number of aromatic amines is 1. The Morgan fingerprint density at radius 3 is 2.43 bits per heavy atom. The lowest BCUT2D eigenvalue weighted by molar-refractivity contribution is -0.110. The lowest BCUT2D eigenvalue weighted by Crippen LogP contribution is -2.35. The fourth-order valence-electron chi connectivity index (χ4n) is 4.36. The van der Waals surface area contributed by atoms with Crippen molar-refractivity contribution in [2.24, 2.45) is 0 Å². The van der Waals surface area contributed by atoms with Crippen LogP contribution in [0.15, 0.2) is 42.5 Å². The van der Waals surface area contributed by atoms with Crippen molar-refractivity contribution < 1.29 is 9.59 Å². The van der Waals surface area contributed by atoms with Crippen LogP contribution in [-0.4, -0.2) is 47.9 Å². The van der Waals surface area contributed by atoms with Crippen LogP contribution in [-0.2, 0) is 4.79 Å². The van der Waals surface area contributed by atoms with Crippen LogP contribution < -0.4 is 10.6 Å². The Kier molecular flexibility index (Phi) is 7.65. The standard InChI is InChI=1S/C27H28Cl2N4O2/c1-4-33(5-2)13-12-30-27(35)24-16(3)31-23(25(24)17-6-8-18(28)9-7-17)15-21-20-14-19(29)10-11-22(20)32-26(21)34/h6-11,14-15,31H,4-5,12-13H2,1-3H3,(H,30,35)(H,32,34)/b21-15-. The van der Waals surface area contributed by atoms with E-state index in [1.807, 2.05) is 19.1 Å². The zero-order valence-electron chi connectivity index (χ0n) is 20.0. The Labute approximate surface area is 215 Å².